The number of rotatable bonds is 8. The zero-order chi connectivity index (χ0) is 26.7. The number of hydrogen-bond acceptors (Lipinski definition) is 7. The van der Waals surface area contributed by atoms with Crippen LogP contribution in [0, 0.1) is 0 Å². The van der Waals surface area contributed by atoms with Crippen LogP contribution in [-0.4, -0.2) is 30.4 Å². The van der Waals surface area contributed by atoms with E-state index in [0.29, 0.717) is 42.7 Å². The van der Waals surface area contributed by atoms with Crippen molar-refractivity contribution in [3.05, 3.63) is 102 Å². The van der Waals surface area contributed by atoms with Crippen molar-refractivity contribution in [3.63, 3.8) is 0 Å². The molecular weight excluding hydrogens is 512 g/mol. The summed E-state index contributed by atoms with van der Waals surface area (Å²) in [4.78, 5) is 32.1. The smallest absolute Gasteiger partial charge is 0.338 e. The number of para-hydroxylation sites is 1. The standard InChI is InChI=1S/C28H27ClN2O5S/c1-6-14-35-25-18(10-9-13-21(25)34-5)15-22-26(32)31-24(19-11-7-8-12-20(19)29)23(27(33)36-16(2)3)17(4)30-28(31)37-22/h6-13,15-16,24H,1,14H2,2-5H3. The molecule has 0 fully saturated rings. The van der Waals surface area contributed by atoms with Gasteiger partial charge in [0.05, 0.1) is 29.0 Å². The van der Waals surface area contributed by atoms with Crippen LogP contribution >= 0.6 is 22.9 Å². The Bertz CT molecular complexity index is 1570. The number of hydrogen-bond donors (Lipinski definition) is 0. The van der Waals surface area contributed by atoms with Crippen molar-refractivity contribution in [1.29, 1.82) is 0 Å². The van der Waals surface area contributed by atoms with Gasteiger partial charge in [0.1, 0.15) is 12.6 Å². The third kappa shape index (κ3) is 5.26. The number of methoxy groups -OCH3 is 1. The maximum absolute atomic E-state index is 13.9. The summed E-state index contributed by atoms with van der Waals surface area (Å²) < 4.78 is 18.7. The zero-order valence-corrected chi connectivity index (χ0v) is 22.6. The monoisotopic (exact) mass is 538 g/mol. The molecule has 9 heteroatoms. The molecule has 7 nitrogen and oxygen atoms in total. The lowest BCUT2D eigenvalue weighted by atomic mass is 9.96. The molecule has 4 rings (SSSR count). The number of aromatic nitrogens is 1. The Morgan fingerprint density at radius 2 is 2.00 bits per heavy atom. The lowest BCUT2D eigenvalue weighted by Crippen LogP contribution is -2.40. The quantitative estimate of drug-likeness (QED) is 0.313. The average Bonchev–Trinajstić information content (AvgIpc) is 3.16. The first-order valence-corrected chi connectivity index (χ1v) is 12.8. The van der Waals surface area contributed by atoms with E-state index in [0.717, 1.165) is 0 Å². The molecule has 1 aliphatic rings. The molecule has 0 aliphatic carbocycles. The molecule has 1 aliphatic heterocycles. The summed E-state index contributed by atoms with van der Waals surface area (Å²) in [5.74, 6) is 0.492. The van der Waals surface area contributed by atoms with Gasteiger partial charge in [-0.3, -0.25) is 9.36 Å². The minimum Gasteiger partial charge on any atom is -0.493 e. The molecule has 0 bridgehead atoms. The van der Waals surface area contributed by atoms with Crippen LogP contribution in [0.25, 0.3) is 6.08 Å². The first kappa shape index (κ1) is 26.4. The van der Waals surface area contributed by atoms with Gasteiger partial charge in [-0.2, -0.15) is 0 Å². The lowest BCUT2D eigenvalue weighted by Gasteiger charge is -2.26. The molecule has 1 aromatic heterocycles. The Balaban J connectivity index is 1.96. The van der Waals surface area contributed by atoms with Crippen molar-refractivity contribution in [3.8, 4) is 11.5 Å². The second-order valence-corrected chi connectivity index (χ2v) is 9.95. The number of allylic oxidation sites excluding steroid dienone is 1. The fraction of sp³-hybridized carbons (Fsp3) is 0.250. The maximum atomic E-state index is 13.9. The van der Waals surface area contributed by atoms with E-state index in [1.807, 2.05) is 18.2 Å². The molecule has 0 N–H and O–H groups in total. The van der Waals surface area contributed by atoms with Crippen LogP contribution in [0.5, 0.6) is 11.5 Å². The van der Waals surface area contributed by atoms with E-state index in [2.05, 4.69) is 11.6 Å². The highest BCUT2D eigenvalue weighted by atomic mass is 35.5. The summed E-state index contributed by atoms with van der Waals surface area (Å²) in [5.41, 5.74) is 1.71. The number of fused-ring (bicyclic) bond motifs is 1. The van der Waals surface area contributed by atoms with Gasteiger partial charge in [0.25, 0.3) is 5.56 Å². The van der Waals surface area contributed by atoms with Crippen LogP contribution in [0.3, 0.4) is 0 Å². The Morgan fingerprint density at radius 3 is 2.68 bits per heavy atom. The molecule has 1 atom stereocenters. The fourth-order valence-corrected chi connectivity index (χ4v) is 5.37. The maximum Gasteiger partial charge on any atom is 0.338 e. The Hall–Kier alpha value is -3.62. The van der Waals surface area contributed by atoms with Gasteiger partial charge in [-0.25, -0.2) is 9.79 Å². The van der Waals surface area contributed by atoms with Gasteiger partial charge in [0.2, 0.25) is 0 Å². The summed E-state index contributed by atoms with van der Waals surface area (Å²) in [5, 5.41) is 0.430. The second kappa shape index (κ2) is 11.2. The van der Waals surface area contributed by atoms with E-state index < -0.39 is 12.0 Å². The summed E-state index contributed by atoms with van der Waals surface area (Å²) >= 11 is 7.80. The molecule has 0 radical (unpaired) electrons. The molecule has 2 heterocycles. The highest BCUT2D eigenvalue weighted by Gasteiger charge is 2.34. The second-order valence-electron chi connectivity index (χ2n) is 8.54. The van der Waals surface area contributed by atoms with Gasteiger partial charge >= 0.3 is 5.97 Å². The summed E-state index contributed by atoms with van der Waals surface area (Å²) in [6.45, 7) is 9.25. The topological polar surface area (TPSA) is 79.1 Å². The van der Waals surface area contributed by atoms with Crippen LogP contribution in [0.4, 0.5) is 0 Å². The highest BCUT2D eigenvalue weighted by molar-refractivity contribution is 7.07. The van der Waals surface area contributed by atoms with E-state index in [4.69, 9.17) is 25.8 Å². The molecule has 192 valence electrons. The van der Waals surface area contributed by atoms with Gasteiger partial charge in [-0.1, -0.05) is 65.9 Å². The van der Waals surface area contributed by atoms with Crippen molar-refractivity contribution >= 4 is 35.0 Å². The van der Waals surface area contributed by atoms with Crippen molar-refractivity contribution in [2.75, 3.05) is 13.7 Å². The molecule has 1 unspecified atom stereocenters. The number of nitrogens with zero attached hydrogens (tertiary/aromatic N) is 2. The molecule has 37 heavy (non-hydrogen) atoms. The van der Waals surface area contributed by atoms with Gasteiger partial charge < -0.3 is 14.2 Å². The number of thiazole rings is 1. The van der Waals surface area contributed by atoms with E-state index in [-0.39, 0.29) is 23.8 Å². The summed E-state index contributed by atoms with van der Waals surface area (Å²) in [6.07, 6.45) is 3.03. The number of benzene rings is 2. The van der Waals surface area contributed by atoms with E-state index in [1.165, 1.54) is 15.9 Å². The lowest BCUT2D eigenvalue weighted by molar-refractivity contribution is -0.143. The van der Waals surface area contributed by atoms with Crippen LogP contribution < -0.4 is 24.4 Å². The first-order chi connectivity index (χ1) is 17.8. The average molecular weight is 539 g/mol. The first-order valence-electron chi connectivity index (χ1n) is 11.7. The van der Waals surface area contributed by atoms with Gasteiger partial charge in [0.15, 0.2) is 16.3 Å². The minimum atomic E-state index is -0.792. The van der Waals surface area contributed by atoms with Gasteiger partial charge in [-0.05, 0) is 44.5 Å². The van der Waals surface area contributed by atoms with Crippen LogP contribution in [0.1, 0.15) is 37.9 Å². The molecular formula is C28H27ClN2O5S. The highest BCUT2D eigenvalue weighted by Crippen LogP contribution is 2.35. The van der Waals surface area contributed by atoms with Crippen molar-refractivity contribution in [2.45, 2.75) is 32.9 Å². The third-order valence-electron chi connectivity index (χ3n) is 5.65. The molecule has 0 spiro atoms. The molecule has 0 amide bonds. The number of ether oxygens (including phenoxy) is 3. The summed E-state index contributed by atoms with van der Waals surface area (Å²) in [7, 11) is 1.55. The predicted octanol–water partition coefficient (Wildman–Crippen LogP) is 4.41. The molecule has 2 aromatic carbocycles. The largest absolute Gasteiger partial charge is 0.493 e. The van der Waals surface area contributed by atoms with E-state index in [9.17, 15) is 9.59 Å². The van der Waals surface area contributed by atoms with Crippen LogP contribution in [0.2, 0.25) is 5.02 Å². The van der Waals surface area contributed by atoms with Crippen molar-refractivity contribution < 1.29 is 19.0 Å². The van der Waals surface area contributed by atoms with Crippen LogP contribution in [-0.2, 0) is 9.53 Å². The fourth-order valence-electron chi connectivity index (χ4n) is 4.10. The normalized spacial score (nSPS) is 15.3. The van der Waals surface area contributed by atoms with E-state index in [1.54, 1.807) is 64.3 Å². The minimum absolute atomic E-state index is 0.273. The Kier molecular flexibility index (Phi) is 8.00. The van der Waals surface area contributed by atoms with Crippen molar-refractivity contribution in [2.24, 2.45) is 4.99 Å². The summed E-state index contributed by atoms with van der Waals surface area (Å²) in [6, 6.07) is 11.8. The SMILES string of the molecule is C=CCOc1c(C=c2sc3n(c2=O)C(c2ccccc2Cl)C(C(=O)OC(C)C)=C(C)N=3)cccc1OC. The van der Waals surface area contributed by atoms with Gasteiger partial charge in [0, 0.05) is 10.6 Å². The molecule has 3 aromatic rings. The third-order valence-corrected chi connectivity index (χ3v) is 6.97. The van der Waals surface area contributed by atoms with Gasteiger partial charge in [-0.15, -0.1) is 0 Å². The predicted molar refractivity (Wildman–Crippen MR) is 145 cm³/mol. The number of halogens is 1. The van der Waals surface area contributed by atoms with Crippen LogP contribution in [0.15, 0.2) is 76.2 Å². The molecule has 0 saturated heterocycles. The number of carbonyl (C=O) groups excluding carboxylic acids is 1. The Morgan fingerprint density at radius 1 is 1.24 bits per heavy atom. The molecule has 0 saturated carbocycles. The van der Waals surface area contributed by atoms with Crippen molar-refractivity contribution in [1.82, 2.24) is 4.57 Å². The Labute approximate surface area is 223 Å². The number of esters is 1. The number of carbonyl (C=O) groups is 1. The van der Waals surface area contributed by atoms with E-state index >= 15 is 0 Å². The zero-order valence-electron chi connectivity index (χ0n) is 21.0.